The van der Waals surface area contributed by atoms with E-state index in [2.05, 4.69) is 5.10 Å². The molecule has 2 aromatic rings. The predicted molar refractivity (Wildman–Crippen MR) is 63.0 cm³/mol. The van der Waals surface area contributed by atoms with Gasteiger partial charge < -0.3 is 10.5 Å². The maximum atomic E-state index is 5.80. The number of nitrogen functional groups attached to an aromatic ring is 1. The van der Waals surface area contributed by atoms with Crippen LogP contribution in [0.3, 0.4) is 0 Å². The molecule has 1 aromatic carbocycles. The van der Waals surface area contributed by atoms with Crippen molar-refractivity contribution in [3.8, 4) is 0 Å². The van der Waals surface area contributed by atoms with Gasteiger partial charge in [0, 0.05) is 17.7 Å². The molecule has 1 aliphatic rings. The molecule has 1 aliphatic heterocycles. The lowest BCUT2D eigenvalue weighted by Gasteiger charge is -2.23. The SMILES string of the molecule is Nc1ccc2cnn(C3CCCCO3)c2c1. The van der Waals surface area contributed by atoms with Crippen LogP contribution in [0.15, 0.2) is 24.4 Å². The number of aromatic nitrogens is 2. The molecule has 2 N–H and O–H groups in total. The van der Waals surface area contributed by atoms with E-state index in [1.54, 1.807) is 0 Å². The van der Waals surface area contributed by atoms with Crippen molar-refractivity contribution in [1.29, 1.82) is 0 Å². The molecule has 0 radical (unpaired) electrons. The Kier molecular flexibility index (Phi) is 2.29. The van der Waals surface area contributed by atoms with Crippen molar-refractivity contribution in [1.82, 2.24) is 9.78 Å². The van der Waals surface area contributed by atoms with Crippen LogP contribution in [0, 0.1) is 0 Å². The zero-order valence-electron chi connectivity index (χ0n) is 9.10. The first-order valence-electron chi connectivity index (χ1n) is 5.69. The molecule has 4 heteroatoms. The molecule has 4 nitrogen and oxygen atoms in total. The van der Waals surface area contributed by atoms with Crippen LogP contribution in [0.1, 0.15) is 25.5 Å². The fraction of sp³-hybridized carbons (Fsp3) is 0.417. The molecule has 0 spiro atoms. The van der Waals surface area contributed by atoms with Gasteiger partial charge in [0.25, 0.3) is 0 Å². The summed E-state index contributed by atoms with van der Waals surface area (Å²) in [6.45, 7) is 0.828. The molecule has 0 bridgehead atoms. The van der Waals surface area contributed by atoms with E-state index >= 15 is 0 Å². The van der Waals surface area contributed by atoms with Crippen LogP contribution in [0.5, 0.6) is 0 Å². The average Bonchev–Trinajstić information content (AvgIpc) is 2.73. The molecule has 1 unspecified atom stereocenters. The maximum absolute atomic E-state index is 5.80. The van der Waals surface area contributed by atoms with E-state index in [9.17, 15) is 0 Å². The summed E-state index contributed by atoms with van der Waals surface area (Å²) in [4.78, 5) is 0. The first-order chi connectivity index (χ1) is 7.84. The van der Waals surface area contributed by atoms with Crippen LogP contribution in [0.2, 0.25) is 0 Å². The van der Waals surface area contributed by atoms with Crippen molar-refractivity contribution in [2.75, 3.05) is 12.3 Å². The summed E-state index contributed by atoms with van der Waals surface area (Å²) in [5.41, 5.74) is 7.63. The Balaban J connectivity index is 2.05. The number of rotatable bonds is 1. The fourth-order valence-corrected chi connectivity index (χ4v) is 2.20. The second kappa shape index (κ2) is 3.79. The Morgan fingerprint density at radius 3 is 3.12 bits per heavy atom. The third kappa shape index (κ3) is 1.55. The van der Waals surface area contributed by atoms with Crippen molar-refractivity contribution >= 4 is 16.6 Å². The topological polar surface area (TPSA) is 53.1 Å². The molecule has 2 heterocycles. The monoisotopic (exact) mass is 217 g/mol. The molecule has 1 aromatic heterocycles. The van der Waals surface area contributed by atoms with Crippen molar-refractivity contribution in [2.45, 2.75) is 25.5 Å². The number of benzene rings is 1. The summed E-state index contributed by atoms with van der Waals surface area (Å²) in [6.07, 6.45) is 5.33. The molecular formula is C12H15N3O. The average molecular weight is 217 g/mol. The third-order valence-corrected chi connectivity index (χ3v) is 3.05. The van der Waals surface area contributed by atoms with E-state index < -0.39 is 0 Å². The lowest BCUT2D eigenvalue weighted by molar-refractivity contribution is -0.0366. The van der Waals surface area contributed by atoms with Crippen LogP contribution in [-0.2, 0) is 4.74 Å². The van der Waals surface area contributed by atoms with Crippen LogP contribution < -0.4 is 5.73 Å². The smallest absolute Gasteiger partial charge is 0.150 e. The van der Waals surface area contributed by atoms with E-state index in [0.29, 0.717) is 0 Å². The molecule has 84 valence electrons. The summed E-state index contributed by atoms with van der Waals surface area (Å²) in [7, 11) is 0. The summed E-state index contributed by atoms with van der Waals surface area (Å²) in [5.74, 6) is 0. The van der Waals surface area contributed by atoms with Crippen molar-refractivity contribution in [3.63, 3.8) is 0 Å². The highest BCUT2D eigenvalue weighted by molar-refractivity contribution is 5.81. The molecule has 0 amide bonds. The Labute approximate surface area is 94.0 Å². The minimum atomic E-state index is 0.0769. The third-order valence-electron chi connectivity index (χ3n) is 3.05. The van der Waals surface area contributed by atoms with E-state index in [1.165, 1.54) is 6.42 Å². The molecule has 1 atom stereocenters. The minimum Gasteiger partial charge on any atom is -0.399 e. The molecule has 1 saturated heterocycles. The zero-order valence-corrected chi connectivity index (χ0v) is 9.10. The highest BCUT2D eigenvalue weighted by Gasteiger charge is 2.18. The minimum absolute atomic E-state index is 0.0769. The largest absolute Gasteiger partial charge is 0.399 e. The van der Waals surface area contributed by atoms with Crippen LogP contribution in [0.25, 0.3) is 10.9 Å². The summed E-state index contributed by atoms with van der Waals surface area (Å²) >= 11 is 0. The second-order valence-corrected chi connectivity index (χ2v) is 4.23. The number of nitrogens with zero attached hydrogens (tertiary/aromatic N) is 2. The number of hydrogen-bond donors (Lipinski definition) is 1. The lowest BCUT2D eigenvalue weighted by Crippen LogP contribution is -2.18. The van der Waals surface area contributed by atoms with Crippen LogP contribution in [0.4, 0.5) is 5.69 Å². The number of ether oxygens (including phenoxy) is 1. The first kappa shape index (κ1) is 9.66. The van der Waals surface area contributed by atoms with Crippen molar-refractivity contribution in [3.05, 3.63) is 24.4 Å². The first-order valence-corrected chi connectivity index (χ1v) is 5.69. The van der Waals surface area contributed by atoms with Crippen LogP contribution >= 0.6 is 0 Å². The second-order valence-electron chi connectivity index (χ2n) is 4.23. The Morgan fingerprint density at radius 2 is 2.31 bits per heavy atom. The molecule has 1 fully saturated rings. The quantitative estimate of drug-likeness (QED) is 0.746. The molecule has 0 saturated carbocycles. The number of nitrogens with two attached hydrogens (primary N) is 1. The van der Waals surface area contributed by atoms with Crippen molar-refractivity contribution < 1.29 is 4.74 Å². The van der Waals surface area contributed by atoms with E-state index in [4.69, 9.17) is 10.5 Å². The van der Waals surface area contributed by atoms with Gasteiger partial charge in [0.05, 0.1) is 11.7 Å². The standard InChI is InChI=1S/C12H15N3O/c13-10-5-4-9-8-14-15(11(9)7-10)12-3-1-2-6-16-12/h4-5,7-8,12H,1-3,6,13H2. The van der Waals surface area contributed by atoms with Gasteiger partial charge in [0.15, 0.2) is 6.23 Å². The van der Waals surface area contributed by atoms with E-state index in [0.717, 1.165) is 36.0 Å². The van der Waals surface area contributed by atoms with Gasteiger partial charge in [0.1, 0.15) is 0 Å². The van der Waals surface area contributed by atoms with E-state index in [-0.39, 0.29) is 6.23 Å². The van der Waals surface area contributed by atoms with Gasteiger partial charge in [-0.2, -0.15) is 5.10 Å². The fourth-order valence-electron chi connectivity index (χ4n) is 2.20. The summed E-state index contributed by atoms with van der Waals surface area (Å²) in [6, 6.07) is 5.85. The molecule has 0 aliphatic carbocycles. The molecule has 3 rings (SSSR count). The van der Waals surface area contributed by atoms with Gasteiger partial charge in [-0.05, 0) is 37.5 Å². The predicted octanol–water partition coefficient (Wildman–Crippen LogP) is 2.32. The van der Waals surface area contributed by atoms with Crippen LogP contribution in [-0.4, -0.2) is 16.4 Å². The Morgan fingerprint density at radius 1 is 1.38 bits per heavy atom. The highest BCUT2D eigenvalue weighted by atomic mass is 16.5. The van der Waals surface area contributed by atoms with E-state index in [1.807, 2.05) is 29.1 Å². The molecule has 16 heavy (non-hydrogen) atoms. The summed E-state index contributed by atoms with van der Waals surface area (Å²) < 4.78 is 7.68. The Hall–Kier alpha value is -1.55. The van der Waals surface area contributed by atoms with Crippen molar-refractivity contribution in [2.24, 2.45) is 0 Å². The van der Waals surface area contributed by atoms with Gasteiger partial charge in [-0.3, -0.25) is 0 Å². The zero-order chi connectivity index (χ0) is 11.0. The number of hydrogen-bond acceptors (Lipinski definition) is 3. The normalized spacial score (nSPS) is 21.4. The van der Waals surface area contributed by atoms with Gasteiger partial charge in [-0.1, -0.05) is 0 Å². The molecular weight excluding hydrogens is 202 g/mol. The van der Waals surface area contributed by atoms with Gasteiger partial charge in [-0.25, -0.2) is 4.68 Å². The lowest BCUT2D eigenvalue weighted by atomic mass is 10.2. The number of fused-ring (bicyclic) bond motifs is 1. The highest BCUT2D eigenvalue weighted by Crippen LogP contribution is 2.26. The van der Waals surface area contributed by atoms with Gasteiger partial charge in [-0.15, -0.1) is 0 Å². The van der Waals surface area contributed by atoms with Gasteiger partial charge >= 0.3 is 0 Å². The van der Waals surface area contributed by atoms with Gasteiger partial charge in [0.2, 0.25) is 0 Å². The summed E-state index contributed by atoms with van der Waals surface area (Å²) in [5, 5.41) is 5.51. The Bertz CT molecular complexity index is 500. The number of anilines is 1. The maximum Gasteiger partial charge on any atom is 0.150 e.